The fourth-order valence-electron chi connectivity index (χ4n) is 10.9. The van der Waals surface area contributed by atoms with Gasteiger partial charge in [0.25, 0.3) is 0 Å². The van der Waals surface area contributed by atoms with Crippen LogP contribution in [0.1, 0.15) is 380 Å². The second kappa shape index (κ2) is 68.3. The Labute approximate surface area is 493 Å². The van der Waals surface area contributed by atoms with E-state index in [9.17, 15) is 19.8 Å². The van der Waals surface area contributed by atoms with Crippen molar-refractivity contribution in [1.82, 2.24) is 5.32 Å². The molecule has 2 atom stereocenters. The highest BCUT2D eigenvalue weighted by molar-refractivity contribution is 5.76. The van der Waals surface area contributed by atoms with Crippen LogP contribution in [0.4, 0.5) is 0 Å². The van der Waals surface area contributed by atoms with Crippen molar-refractivity contribution in [3.05, 3.63) is 48.6 Å². The first-order valence-electron chi connectivity index (χ1n) is 35.4. The van der Waals surface area contributed by atoms with Gasteiger partial charge in [0, 0.05) is 12.8 Å². The second-order valence-electron chi connectivity index (χ2n) is 24.2. The average Bonchev–Trinajstić information content (AvgIpc) is 3.45. The summed E-state index contributed by atoms with van der Waals surface area (Å²) in [6, 6.07) is -0.637. The van der Waals surface area contributed by atoms with Crippen molar-refractivity contribution >= 4 is 11.9 Å². The summed E-state index contributed by atoms with van der Waals surface area (Å²) in [5, 5.41) is 23.3. The molecule has 0 aliphatic carbocycles. The van der Waals surface area contributed by atoms with Crippen molar-refractivity contribution in [3.8, 4) is 0 Å². The number of aliphatic hydroxyl groups excluding tert-OH is 2. The van der Waals surface area contributed by atoms with Crippen LogP contribution in [0.15, 0.2) is 48.6 Å². The van der Waals surface area contributed by atoms with Crippen molar-refractivity contribution in [1.29, 1.82) is 0 Å². The van der Waals surface area contributed by atoms with Crippen molar-refractivity contribution in [2.45, 2.75) is 392 Å². The third-order valence-corrected chi connectivity index (χ3v) is 16.3. The molecule has 0 radical (unpaired) electrons. The maximum atomic E-state index is 12.5. The zero-order valence-electron chi connectivity index (χ0n) is 53.1. The molecule has 0 saturated heterocycles. The minimum atomic E-state index is -0.853. The van der Waals surface area contributed by atoms with E-state index in [0.717, 1.165) is 57.8 Å². The van der Waals surface area contributed by atoms with E-state index < -0.39 is 12.1 Å². The fraction of sp³-hybridized carbons (Fsp3) is 0.863. The van der Waals surface area contributed by atoms with Crippen molar-refractivity contribution in [3.63, 3.8) is 0 Å². The first kappa shape index (κ1) is 76.8. The van der Waals surface area contributed by atoms with E-state index in [1.165, 1.54) is 295 Å². The molecule has 0 bridgehead atoms. The Morgan fingerprint density at radius 2 is 0.633 bits per heavy atom. The van der Waals surface area contributed by atoms with E-state index in [0.29, 0.717) is 19.4 Å². The van der Waals surface area contributed by atoms with E-state index in [2.05, 4.69) is 55.6 Å². The topological polar surface area (TPSA) is 95.9 Å². The molecule has 0 rings (SSSR count). The molecule has 1 amide bonds. The third kappa shape index (κ3) is 64.8. The lowest BCUT2D eigenvalue weighted by molar-refractivity contribution is -0.143. The Bertz CT molecular complexity index is 1320. The predicted molar refractivity (Wildman–Crippen MR) is 347 cm³/mol. The Balaban J connectivity index is 3.46. The molecule has 6 nitrogen and oxygen atoms in total. The Kier molecular flexibility index (Phi) is 66.4. The number of hydrogen-bond donors (Lipinski definition) is 3. The largest absolute Gasteiger partial charge is 0.466 e. The summed E-state index contributed by atoms with van der Waals surface area (Å²) in [4.78, 5) is 24.6. The van der Waals surface area contributed by atoms with Crippen molar-refractivity contribution in [2.24, 2.45) is 0 Å². The Morgan fingerprint density at radius 1 is 0.354 bits per heavy atom. The molecule has 0 fully saturated rings. The predicted octanol–water partition coefficient (Wildman–Crippen LogP) is 22.9. The van der Waals surface area contributed by atoms with Crippen LogP contribution >= 0.6 is 0 Å². The highest BCUT2D eigenvalue weighted by Crippen LogP contribution is 2.18. The Morgan fingerprint density at radius 3 is 1.00 bits per heavy atom. The number of amides is 1. The summed E-state index contributed by atoms with van der Waals surface area (Å²) in [7, 11) is 0. The minimum absolute atomic E-state index is 0.00182. The molecule has 79 heavy (non-hydrogen) atoms. The Hall–Kier alpha value is -2.18. The van der Waals surface area contributed by atoms with Gasteiger partial charge < -0.3 is 20.3 Å². The van der Waals surface area contributed by atoms with Crippen molar-refractivity contribution in [2.75, 3.05) is 13.2 Å². The van der Waals surface area contributed by atoms with E-state index in [4.69, 9.17) is 4.74 Å². The molecule has 6 heteroatoms. The number of aliphatic hydroxyl groups is 2. The van der Waals surface area contributed by atoms with E-state index in [-0.39, 0.29) is 18.5 Å². The highest BCUT2D eigenvalue weighted by atomic mass is 16.5. The number of ether oxygens (including phenoxy) is 1. The number of carbonyl (C=O) groups excluding carboxylic acids is 2. The second-order valence-corrected chi connectivity index (χ2v) is 24.2. The van der Waals surface area contributed by atoms with Crippen LogP contribution in [0.3, 0.4) is 0 Å². The van der Waals surface area contributed by atoms with Gasteiger partial charge in [-0.1, -0.05) is 326 Å². The number of carbonyl (C=O) groups is 2. The monoisotopic (exact) mass is 1110 g/mol. The number of rotatable bonds is 66. The number of esters is 1. The summed E-state index contributed by atoms with van der Waals surface area (Å²) in [6.45, 7) is 4.89. The molecule has 0 saturated carbocycles. The van der Waals surface area contributed by atoms with E-state index in [1.807, 2.05) is 6.08 Å². The first-order chi connectivity index (χ1) is 39.0. The minimum Gasteiger partial charge on any atom is -0.466 e. The number of nitrogens with one attached hydrogen (secondary N) is 1. The molecule has 0 aromatic carbocycles. The first-order valence-corrected chi connectivity index (χ1v) is 35.4. The molecular weight excluding hydrogens is 971 g/mol. The molecule has 0 aliphatic rings. The lowest BCUT2D eigenvalue weighted by Crippen LogP contribution is -2.45. The van der Waals surface area contributed by atoms with E-state index >= 15 is 0 Å². The fourth-order valence-corrected chi connectivity index (χ4v) is 10.9. The summed E-state index contributed by atoms with van der Waals surface area (Å²) in [6.07, 6.45) is 88.9. The van der Waals surface area contributed by atoms with Crippen LogP contribution < -0.4 is 5.32 Å². The molecule has 3 N–H and O–H groups in total. The van der Waals surface area contributed by atoms with Gasteiger partial charge in [-0.2, -0.15) is 0 Å². The maximum absolute atomic E-state index is 12.5. The summed E-state index contributed by atoms with van der Waals surface area (Å²) < 4.78 is 5.49. The third-order valence-electron chi connectivity index (χ3n) is 16.3. The highest BCUT2D eigenvalue weighted by Gasteiger charge is 2.18. The number of hydrogen-bond acceptors (Lipinski definition) is 5. The van der Waals surface area contributed by atoms with Gasteiger partial charge in [-0.05, 0) is 89.9 Å². The molecule has 0 heterocycles. The van der Waals surface area contributed by atoms with Gasteiger partial charge in [-0.3, -0.25) is 9.59 Å². The van der Waals surface area contributed by atoms with Crippen LogP contribution in [0.2, 0.25) is 0 Å². The number of unbranched alkanes of at least 4 members (excludes halogenated alkanes) is 49. The molecule has 2 unspecified atom stereocenters. The van der Waals surface area contributed by atoms with Crippen molar-refractivity contribution < 1.29 is 24.5 Å². The molecule has 0 aliphatic heterocycles. The average molecular weight is 1110 g/mol. The SMILES string of the molecule is CCCCC/C=C\C/C=C\CCCCCCCCCC(=O)OCCCCCCCCCCC/C=C\CCCCCCCCCC(=O)NC(CO)C(O)/C=C/CCCCCCCCCCCCCCCCCCCCCCCCC. The van der Waals surface area contributed by atoms with Gasteiger partial charge in [-0.25, -0.2) is 0 Å². The van der Waals surface area contributed by atoms with E-state index in [1.54, 1.807) is 6.08 Å². The van der Waals surface area contributed by atoms with Crippen LogP contribution in [-0.2, 0) is 14.3 Å². The summed E-state index contributed by atoms with van der Waals surface area (Å²) >= 11 is 0. The summed E-state index contributed by atoms with van der Waals surface area (Å²) in [5.41, 5.74) is 0. The molecule has 0 aromatic rings. The van der Waals surface area contributed by atoms with Gasteiger partial charge >= 0.3 is 5.97 Å². The van der Waals surface area contributed by atoms with Gasteiger partial charge in [-0.15, -0.1) is 0 Å². The van der Waals surface area contributed by atoms with Crippen LogP contribution in [0.5, 0.6) is 0 Å². The zero-order valence-corrected chi connectivity index (χ0v) is 53.1. The van der Waals surface area contributed by atoms with Crippen LogP contribution in [0.25, 0.3) is 0 Å². The maximum Gasteiger partial charge on any atom is 0.305 e. The van der Waals surface area contributed by atoms with Gasteiger partial charge in [0.05, 0.1) is 25.4 Å². The lowest BCUT2D eigenvalue weighted by atomic mass is 10.0. The summed E-state index contributed by atoms with van der Waals surface area (Å²) in [5.74, 6) is -0.0752. The number of allylic oxidation sites excluding steroid dienone is 7. The van der Waals surface area contributed by atoms with Gasteiger partial charge in [0.2, 0.25) is 5.91 Å². The molecule has 0 spiro atoms. The molecule has 0 aromatic heterocycles. The molecule has 464 valence electrons. The van der Waals surface area contributed by atoms with Gasteiger partial charge in [0.15, 0.2) is 0 Å². The molecular formula is C73H137NO5. The lowest BCUT2D eigenvalue weighted by Gasteiger charge is -2.20. The quantitative estimate of drug-likeness (QED) is 0.0320. The van der Waals surface area contributed by atoms with Crippen LogP contribution in [0, 0.1) is 0 Å². The zero-order chi connectivity index (χ0) is 57.1. The smallest absolute Gasteiger partial charge is 0.305 e. The normalized spacial score (nSPS) is 12.8. The van der Waals surface area contributed by atoms with Gasteiger partial charge in [0.1, 0.15) is 0 Å². The van der Waals surface area contributed by atoms with Crippen LogP contribution in [-0.4, -0.2) is 47.4 Å². The standard InChI is InChI=1S/C73H137NO5/c1-3-5-7-9-11-13-15-17-19-21-22-23-24-25-26-27-30-34-37-41-45-49-53-57-61-65-71(76)70(69-75)74-72(77)66-62-58-54-50-46-42-38-35-31-28-29-32-36-40-44-48-52-56-60-64-68-79-73(78)67-63-59-55-51-47-43-39-33-20-18-16-14-12-10-8-6-4-2/h12,14,18,20,28,31,61,65,70-71,75-76H,3-11,13,15-17,19,21-27,29-30,32-60,62-64,66-69H2,1-2H3,(H,74,77)/b14-12-,20-18-,31-28-,65-61+.